The SMILES string of the molecule is Cc1cccc(NC[C@H]2CC(=O)N(CCc3ccccc3)C2)n1. The van der Waals surface area contributed by atoms with Gasteiger partial charge >= 0.3 is 0 Å². The largest absolute Gasteiger partial charge is 0.370 e. The number of anilines is 1. The van der Waals surface area contributed by atoms with E-state index in [4.69, 9.17) is 0 Å². The number of rotatable bonds is 6. The number of amides is 1. The summed E-state index contributed by atoms with van der Waals surface area (Å²) in [5.74, 6) is 1.52. The van der Waals surface area contributed by atoms with Crippen molar-refractivity contribution in [3.63, 3.8) is 0 Å². The normalized spacial score (nSPS) is 17.5. The Hall–Kier alpha value is -2.36. The van der Waals surface area contributed by atoms with Crippen molar-refractivity contribution < 1.29 is 4.79 Å². The zero-order valence-electron chi connectivity index (χ0n) is 13.5. The maximum absolute atomic E-state index is 12.2. The lowest BCUT2D eigenvalue weighted by Crippen LogP contribution is -2.28. The quantitative estimate of drug-likeness (QED) is 0.892. The molecular formula is C19H23N3O. The average molecular weight is 309 g/mol. The van der Waals surface area contributed by atoms with Crippen LogP contribution in [0.5, 0.6) is 0 Å². The van der Waals surface area contributed by atoms with Crippen LogP contribution in [0.1, 0.15) is 17.7 Å². The molecule has 23 heavy (non-hydrogen) atoms. The predicted octanol–water partition coefficient (Wildman–Crippen LogP) is 2.89. The maximum Gasteiger partial charge on any atom is 0.223 e. The summed E-state index contributed by atoms with van der Waals surface area (Å²) in [6, 6.07) is 16.3. The van der Waals surface area contributed by atoms with Crippen LogP contribution in [0.3, 0.4) is 0 Å². The molecule has 1 saturated heterocycles. The molecule has 1 fully saturated rings. The van der Waals surface area contributed by atoms with Crippen LogP contribution < -0.4 is 5.32 Å². The Kier molecular flexibility index (Phi) is 4.91. The van der Waals surface area contributed by atoms with Crippen molar-refractivity contribution in [1.29, 1.82) is 0 Å². The molecular weight excluding hydrogens is 286 g/mol. The highest BCUT2D eigenvalue weighted by Crippen LogP contribution is 2.19. The Morgan fingerprint density at radius 1 is 1.17 bits per heavy atom. The van der Waals surface area contributed by atoms with Crippen molar-refractivity contribution in [2.24, 2.45) is 5.92 Å². The van der Waals surface area contributed by atoms with Crippen LogP contribution in [-0.4, -0.2) is 35.4 Å². The minimum absolute atomic E-state index is 0.268. The van der Waals surface area contributed by atoms with E-state index in [2.05, 4.69) is 22.4 Å². The second-order valence-corrected chi connectivity index (χ2v) is 6.19. The fraction of sp³-hybridized carbons (Fsp3) is 0.368. The number of benzene rings is 1. The Balaban J connectivity index is 1.47. The molecule has 120 valence electrons. The minimum Gasteiger partial charge on any atom is -0.370 e. The monoisotopic (exact) mass is 309 g/mol. The van der Waals surface area contributed by atoms with Gasteiger partial charge in [0.05, 0.1) is 0 Å². The molecule has 2 aromatic rings. The third-order valence-corrected chi connectivity index (χ3v) is 4.27. The average Bonchev–Trinajstić information content (AvgIpc) is 2.92. The second kappa shape index (κ2) is 7.27. The van der Waals surface area contributed by atoms with Gasteiger partial charge in [-0.05, 0) is 31.0 Å². The van der Waals surface area contributed by atoms with Crippen LogP contribution in [0.15, 0.2) is 48.5 Å². The van der Waals surface area contributed by atoms with Gasteiger partial charge in [-0.1, -0.05) is 36.4 Å². The van der Waals surface area contributed by atoms with Crippen molar-refractivity contribution in [1.82, 2.24) is 9.88 Å². The van der Waals surface area contributed by atoms with Gasteiger partial charge in [0.25, 0.3) is 0 Å². The molecule has 1 atom stereocenters. The van der Waals surface area contributed by atoms with Gasteiger partial charge in [-0.2, -0.15) is 0 Å². The van der Waals surface area contributed by atoms with Gasteiger partial charge in [0.2, 0.25) is 5.91 Å². The van der Waals surface area contributed by atoms with E-state index in [0.29, 0.717) is 12.3 Å². The van der Waals surface area contributed by atoms with Crippen molar-refractivity contribution in [3.05, 3.63) is 59.8 Å². The molecule has 3 rings (SSSR count). The summed E-state index contributed by atoms with van der Waals surface area (Å²) in [6.45, 7) is 4.42. The van der Waals surface area contributed by atoms with Gasteiger partial charge in [0.15, 0.2) is 0 Å². The molecule has 4 nitrogen and oxygen atoms in total. The summed E-state index contributed by atoms with van der Waals surface area (Å²) in [6.07, 6.45) is 1.56. The predicted molar refractivity (Wildman–Crippen MR) is 92.3 cm³/mol. The standard InChI is InChI=1S/C19H23N3O/c1-15-6-5-9-18(21-15)20-13-17-12-19(23)22(14-17)11-10-16-7-3-2-4-8-16/h2-9,17H,10-14H2,1H3,(H,20,21)/t17-/m1/s1. The zero-order chi connectivity index (χ0) is 16.1. The Morgan fingerprint density at radius 2 is 2.00 bits per heavy atom. The van der Waals surface area contributed by atoms with Crippen molar-refractivity contribution in [2.75, 3.05) is 25.0 Å². The number of nitrogens with zero attached hydrogens (tertiary/aromatic N) is 2. The molecule has 0 saturated carbocycles. The van der Waals surface area contributed by atoms with Gasteiger partial charge < -0.3 is 10.2 Å². The number of hydrogen-bond acceptors (Lipinski definition) is 3. The lowest BCUT2D eigenvalue weighted by molar-refractivity contribution is -0.127. The molecule has 0 unspecified atom stereocenters. The lowest BCUT2D eigenvalue weighted by Gasteiger charge is -2.17. The van der Waals surface area contributed by atoms with Gasteiger partial charge in [0.1, 0.15) is 5.82 Å². The molecule has 4 heteroatoms. The van der Waals surface area contributed by atoms with E-state index in [-0.39, 0.29) is 5.91 Å². The summed E-state index contributed by atoms with van der Waals surface area (Å²) >= 11 is 0. The third-order valence-electron chi connectivity index (χ3n) is 4.27. The fourth-order valence-electron chi connectivity index (χ4n) is 3.01. The van der Waals surface area contributed by atoms with Crippen LogP contribution in [0.4, 0.5) is 5.82 Å². The van der Waals surface area contributed by atoms with Crippen LogP contribution in [-0.2, 0) is 11.2 Å². The molecule has 0 bridgehead atoms. The molecule has 1 aromatic carbocycles. The van der Waals surface area contributed by atoms with E-state index in [1.165, 1.54) is 5.56 Å². The molecule has 0 spiro atoms. The van der Waals surface area contributed by atoms with Gasteiger partial charge in [-0.25, -0.2) is 4.98 Å². The Labute approximate surface area is 137 Å². The number of aromatic nitrogens is 1. The smallest absolute Gasteiger partial charge is 0.223 e. The van der Waals surface area contributed by atoms with Crippen LogP contribution >= 0.6 is 0 Å². The van der Waals surface area contributed by atoms with Crippen LogP contribution in [0.25, 0.3) is 0 Å². The molecule has 1 aliphatic rings. The Morgan fingerprint density at radius 3 is 2.78 bits per heavy atom. The minimum atomic E-state index is 0.268. The number of carbonyl (C=O) groups excluding carboxylic acids is 1. The number of aryl methyl sites for hydroxylation is 1. The second-order valence-electron chi connectivity index (χ2n) is 6.19. The summed E-state index contributed by atoms with van der Waals surface area (Å²) < 4.78 is 0. The van der Waals surface area contributed by atoms with Gasteiger partial charge in [0, 0.05) is 37.7 Å². The van der Waals surface area contributed by atoms with E-state index in [1.54, 1.807) is 0 Å². The highest BCUT2D eigenvalue weighted by Gasteiger charge is 2.28. The van der Waals surface area contributed by atoms with E-state index in [9.17, 15) is 4.79 Å². The molecule has 1 N–H and O–H groups in total. The number of pyridine rings is 1. The molecule has 0 aliphatic carbocycles. The van der Waals surface area contributed by atoms with Crippen molar-refractivity contribution in [3.8, 4) is 0 Å². The summed E-state index contributed by atoms with van der Waals surface area (Å²) in [4.78, 5) is 18.6. The topological polar surface area (TPSA) is 45.2 Å². The highest BCUT2D eigenvalue weighted by molar-refractivity contribution is 5.78. The molecule has 1 aliphatic heterocycles. The lowest BCUT2D eigenvalue weighted by atomic mass is 10.1. The maximum atomic E-state index is 12.2. The van der Waals surface area contributed by atoms with E-state index < -0.39 is 0 Å². The zero-order valence-corrected chi connectivity index (χ0v) is 13.5. The first-order valence-corrected chi connectivity index (χ1v) is 8.20. The van der Waals surface area contributed by atoms with E-state index >= 15 is 0 Å². The Bertz CT molecular complexity index is 657. The number of carbonyl (C=O) groups is 1. The van der Waals surface area contributed by atoms with Gasteiger partial charge in [-0.3, -0.25) is 4.79 Å². The van der Waals surface area contributed by atoms with Crippen molar-refractivity contribution >= 4 is 11.7 Å². The molecule has 1 amide bonds. The summed E-state index contributed by atoms with van der Waals surface area (Å²) in [5.41, 5.74) is 2.29. The van der Waals surface area contributed by atoms with E-state index in [0.717, 1.165) is 37.6 Å². The molecule has 0 radical (unpaired) electrons. The van der Waals surface area contributed by atoms with Crippen LogP contribution in [0.2, 0.25) is 0 Å². The van der Waals surface area contributed by atoms with Crippen LogP contribution in [0, 0.1) is 12.8 Å². The first-order valence-electron chi connectivity index (χ1n) is 8.20. The van der Waals surface area contributed by atoms with E-state index in [1.807, 2.05) is 48.2 Å². The van der Waals surface area contributed by atoms with Crippen molar-refractivity contribution in [2.45, 2.75) is 19.8 Å². The first-order chi connectivity index (χ1) is 11.2. The number of hydrogen-bond donors (Lipinski definition) is 1. The molecule has 2 heterocycles. The summed E-state index contributed by atoms with van der Waals surface area (Å²) in [7, 11) is 0. The number of nitrogens with one attached hydrogen (secondary N) is 1. The van der Waals surface area contributed by atoms with Gasteiger partial charge in [-0.15, -0.1) is 0 Å². The molecule has 1 aromatic heterocycles. The highest BCUT2D eigenvalue weighted by atomic mass is 16.2. The first kappa shape index (κ1) is 15.5. The fourth-order valence-corrected chi connectivity index (χ4v) is 3.01. The summed E-state index contributed by atoms with van der Waals surface area (Å²) in [5, 5.41) is 3.35. The number of likely N-dealkylation sites (tertiary alicyclic amines) is 1. The third kappa shape index (κ3) is 4.31.